The van der Waals surface area contributed by atoms with Crippen molar-refractivity contribution in [1.29, 1.82) is 10.8 Å². The number of nitrogens with zero attached hydrogens (tertiary/aromatic N) is 4. The molecule has 0 aliphatic rings. The van der Waals surface area contributed by atoms with Gasteiger partial charge in [-0.05, 0) is 31.5 Å². The van der Waals surface area contributed by atoms with E-state index in [4.69, 9.17) is 28.2 Å². The topological polar surface area (TPSA) is 138 Å². The molecule has 4 rings (SSSR count). The van der Waals surface area contributed by atoms with Crippen molar-refractivity contribution in [3.63, 3.8) is 0 Å². The van der Waals surface area contributed by atoms with Crippen LogP contribution in [0.1, 0.15) is 35.8 Å². The van der Waals surface area contributed by atoms with Crippen molar-refractivity contribution in [2.24, 2.45) is 0 Å². The van der Waals surface area contributed by atoms with Gasteiger partial charge in [-0.1, -0.05) is 41.9 Å². The number of amides is 1. The standard InChI is InChI=1S/C22H21ClN8O/c1-12(28-22(32)17-19(25)29-30-10-6-9-27-21(17)30)15-11-16(23)20(26)31(13(2)24)18(15)14-7-4-3-5-8-14/h3-12,24,26H,1-2H3,(H2,25,29)(H,28,32). The summed E-state index contributed by atoms with van der Waals surface area (Å²) in [6.07, 6.45) is 3.22. The molecular weight excluding hydrogens is 428 g/mol. The number of carbonyl (C=O) groups is 1. The average Bonchev–Trinajstić information content (AvgIpc) is 3.11. The molecule has 1 atom stereocenters. The third-order valence-electron chi connectivity index (χ3n) is 5.08. The number of rotatable bonds is 4. The lowest BCUT2D eigenvalue weighted by atomic mass is 9.99. The minimum Gasteiger partial charge on any atom is -0.381 e. The number of halogens is 1. The Balaban J connectivity index is 1.82. The summed E-state index contributed by atoms with van der Waals surface area (Å²) in [5, 5.41) is 23.9. The fourth-order valence-corrected chi connectivity index (χ4v) is 3.85. The summed E-state index contributed by atoms with van der Waals surface area (Å²) >= 11 is 6.34. The first-order chi connectivity index (χ1) is 15.3. The molecule has 0 saturated heterocycles. The molecule has 0 spiro atoms. The average molecular weight is 449 g/mol. The van der Waals surface area contributed by atoms with Crippen LogP contribution in [0.25, 0.3) is 16.9 Å². The monoisotopic (exact) mass is 448 g/mol. The SMILES string of the molecule is CC(=N)n1c(-c2ccccc2)c(C(C)NC(=O)c2c(N)nn3cccnc23)cc(Cl)c1=N. The summed E-state index contributed by atoms with van der Waals surface area (Å²) < 4.78 is 2.91. The van der Waals surface area contributed by atoms with E-state index in [-0.39, 0.29) is 27.7 Å². The highest BCUT2D eigenvalue weighted by Gasteiger charge is 2.24. The molecule has 3 heterocycles. The van der Waals surface area contributed by atoms with Gasteiger partial charge in [0.05, 0.1) is 16.8 Å². The molecule has 0 aliphatic heterocycles. The van der Waals surface area contributed by atoms with Crippen LogP contribution < -0.4 is 16.5 Å². The number of nitrogens with one attached hydrogen (secondary N) is 3. The van der Waals surface area contributed by atoms with Crippen molar-refractivity contribution < 1.29 is 4.79 Å². The Kier molecular flexibility index (Phi) is 5.50. The lowest BCUT2D eigenvalue weighted by Crippen LogP contribution is -2.32. The van der Waals surface area contributed by atoms with Gasteiger partial charge in [0.15, 0.2) is 11.5 Å². The summed E-state index contributed by atoms with van der Waals surface area (Å²) in [7, 11) is 0. The third kappa shape index (κ3) is 3.63. The molecule has 9 nitrogen and oxygen atoms in total. The Morgan fingerprint density at radius 3 is 2.66 bits per heavy atom. The van der Waals surface area contributed by atoms with E-state index in [9.17, 15) is 4.79 Å². The molecule has 1 unspecified atom stereocenters. The fraction of sp³-hybridized carbons (Fsp3) is 0.136. The zero-order valence-corrected chi connectivity index (χ0v) is 18.2. The van der Waals surface area contributed by atoms with Crippen molar-refractivity contribution in [1.82, 2.24) is 24.5 Å². The summed E-state index contributed by atoms with van der Waals surface area (Å²) in [6, 6.07) is 12.2. The normalized spacial score (nSPS) is 12.0. The Bertz CT molecular complexity index is 1410. The highest BCUT2D eigenvalue weighted by molar-refractivity contribution is 6.30. The van der Waals surface area contributed by atoms with Crippen LogP contribution >= 0.6 is 11.6 Å². The lowest BCUT2D eigenvalue weighted by molar-refractivity contribution is 0.0942. The summed E-state index contributed by atoms with van der Waals surface area (Å²) in [5.74, 6) is -0.235. The second-order valence-electron chi connectivity index (χ2n) is 7.27. The van der Waals surface area contributed by atoms with Crippen LogP contribution in [-0.4, -0.2) is 30.9 Å². The predicted octanol–water partition coefficient (Wildman–Crippen LogP) is 3.25. The molecule has 32 heavy (non-hydrogen) atoms. The van der Waals surface area contributed by atoms with Crippen molar-refractivity contribution in [2.75, 3.05) is 5.73 Å². The Hall–Kier alpha value is -3.98. The van der Waals surface area contributed by atoms with Gasteiger partial charge >= 0.3 is 0 Å². The second kappa shape index (κ2) is 8.27. The Morgan fingerprint density at radius 2 is 1.97 bits per heavy atom. The number of nitrogen functional groups attached to an aromatic ring is 1. The summed E-state index contributed by atoms with van der Waals surface area (Å²) in [6.45, 7) is 3.39. The predicted molar refractivity (Wildman–Crippen MR) is 123 cm³/mol. The number of aromatic nitrogens is 4. The molecule has 0 fully saturated rings. The number of fused-ring (bicyclic) bond motifs is 1. The van der Waals surface area contributed by atoms with Gasteiger partial charge in [-0.15, -0.1) is 5.10 Å². The van der Waals surface area contributed by atoms with Crippen LogP contribution in [0.3, 0.4) is 0 Å². The van der Waals surface area contributed by atoms with Crippen LogP contribution in [0.5, 0.6) is 0 Å². The first-order valence-electron chi connectivity index (χ1n) is 9.80. The highest BCUT2D eigenvalue weighted by Crippen LogP contribution is 2.30. The minimum atomic E-state index is -0.528. The largest absolute Gasteiger partial charge is 0.381 e. The molecule has 0 saturated carbocycles. The number of carbonyl (C=O) groups excluding carboxylic acids is 1. The van der Waals surface area contributed by atoms with E-state index in [1.54, 1.807) is 38.4 Å². The van der Waals surface area contributed by atoms with Gasteiger partial charge in [0, 0.05) is 18.0 Å². The summed E-state index contributed by atoms with van der Waals surface area (Å²) in [4.78, 5) is 17.4. The fourth-order valence-electron chi connectivity index (χ4n) is 3.65. The van der Waals surface area contributed by atoms with Crippen molar-refractivity contribution in [3.8, 4) is 11.3 Å². The van der Waals surface area contributed by atoms with Gasteiger partial charge in [0.1, 0.15) is 16.9 Å². The molecule has 4 aromatic rings. The van der Waals surface area contributed by atoms with E-state index < -0.39 is 11.9 Å². The van der Waals surface area contributed by atoms with Crippen molar-refractivity contribution in [2.45, 2.75) is 19.9 Å². The van der Waals surface area contributed by atoms with Gasteiger partial charge in [-0.3, -0.25) is 20.2 Å². The number of anilines is 1. The second-order valence-corrected chi connectivity index (χ2v) is 7.68. The smallest absolute Gasteiger partial charge is 0.259 e. The number of nitrogens with two attached hydrogens (primary N) is 1. The molecule has 0 aliphatic carbocycles. The van der Waals surface area contributed by atoms with Crippen LogP contribution in [-0.2, 0) is 0 Å². The zero-order chi connectivity index (χ0) is 23.0. The van der Waals surface area contributed by atoms with E-state index in [2.05, 4.69) is 15.4 Å². The Morgan fingerprint density at radius 1 is 1.25 bits per heavy atom. The number of pyridine rings is 1. The van der Waals surface area contributed by atoms with Crippen LogP contribution in [0.15, 0.2) is 54.9 Å². The van der Waals surface area contributed by atoms with Gasteiger partial charge in [0.2, 0.25) is 0 Å². The first kappa shape index (κ1) is 21.3. The van der Waals surface area contributed by atoms with E-state index in [1.807, 2.05) is 30.3 Å². The molecule has 1 amide bonds. The maximum Gasteiger partial charge on any atom is 0.259 e. The van der Waals surface area contributed by atoms with E-state index in [1.165, 1.54) is 9.08 Å². The molecular formula is C22H21ClN8O. The molecule has 0 radical (unpaired) electrons. The van der Waals surface area contributed by atoms with E-state index >= 15 is 0 Å². The van der Waals surface area contributed by atoms with Crippen molar-refractivity contribution in [3.05, 3.63) is 76.5 Å². The zero-order valence-electron chi connectivity index (χ0n) is 17.4. The third-order valence-corrected chi connectivity index (χ3v) is 5.36. The van der Waals surface area contributed by atoms with Gasteiger partial charge in [-0.25, -0.2) is 9.50 Å². The summed E-state index contributed by atoms with van der Waals surface area (Å²) in [5.41, 5.74) is 8.56. The van der Waals surface area contributed by atoms with Crippen LogP contribution in [0.4, 0.5) is 5.82 Å². The lowest BCUT2D eigenvalue weighted by Gasteiger charge is -2.23. The molecule has 162 valence electrons. The molecule has 0 bridgehead atoms. The quantitative estimate of drug-likeness (QED) is 0.281. The number of hydrogen-bond acceptors (Lipinski definition) is 6. The number of hydrogen-bond donors (Lipinski definition) is 4. The highest BCUT2D eigenvalue weighted by atomic mass is 35.5. The van der Waals surface area contributed by atoms with Crippen molar-refractivity contribution >= 4 is 34.8 Å². The first-order valence-corrected chi connectivity index (χ1v) is 10.2. The van der Waals surface area contributed by atoms with Gasteiger partial charge in [0.25, 0.3) is 5.91 Å². The van der Waals surface area contributed by atoms with Crippen LogP contribution in [0.2, 0.25) is 5.02 Å². The van der Waals surface area contributed by atoms with E-state index in [0.29, 0.717) is 16.9 Å². The number of benzene rings is 1. The minimum absolute atomic E-state index is 0.00336. The van der Waals surface area contributed by atoms with Crippen LogP contribution in [0, 0.1) is 10.8 Å². The van der Waals surface area contributed by atoms with Gasteiger partial charge < -0.3 is 11.1 Å². The molecule has 5 N–H and O–H groups in total. The molecule has 10 heteroatoms. The van der Waals surface area contributed by atoms with Gasteiger partial charge in [-0.2, -0.15) is 0 Å². The maximum absolute atomic E-state index is 13.1. The Labute approximate surface area is 188 Å². The molecule has 1 aromatic carbocycles. The van der Waals surface area contributed by atoms with E-state index in [0.717, 1.165) is 5.56 Å². The maximum atomic E-state index is 13.1. The molecule has 3 aromatic heterocycles.